The molecule has 0 saturated heterocycles. The third-order valence-electron chi connectivity index (χ3n) is 3.45. The number of rotatable bonds is 6. The van der Waals surface area contributed by atoms with Gasteiger partial charge in [-0.3, -0.25) is 9.59 Å². The second kappa shape index (κ2) is 8.09. The van der Waals surface area contributed by atoms with Crippen LogP contribution in [0.5, 0.6) is 0 Å². The first kappa shape index (κ1) is 19.1. The van der Waals surface area contributed by atoms with Gasteiger partial charge >= 0.3 is 11.9 Å². The first-order chi connectivity index (χ1) is 11.2. The molecule has 0 heterocycles. The molecule has 0 fully saturated rings. The quantitative estimate of drug-likeness (QED) is 0.741. The lowest BCUT2D eigenvalue weighted by molar-refractivity contribution is -0.183. The second-order valence-electron chi connectivity index (χ2n) is 5.29. The molecule has 2 atom stereocenters. The molecule has 0 aromatic heterocycles. The Balaban J connectivity index is 3.30. The average Bonchev–Trinajstić information content (AvgIpc) is 2.50. The molecule has 0 bridgehead atoms. The Morgan fingerprint density at radius 1 is 0.917 bits per heavy atom. The summed E-state index contributed by atoms with van der Waals surface area (Å²) in [7, 11) is 0. The zero-order valence-electron chi connectivity index (χ0n) is 13.7. The van der Waals surface area contributed by atoms with E-state index in [4.69, 9.17) is 5.11 Å². The average molecular weight is 336 g/mol. The fraction of sp³-hybridized carbons (Fsp3) is 0.375. The van der Waals surface area contributed by atoms with Crippen molar-refractivity contribution in [1.82, 2.24) is 10.0 Å². The molecule has 0 radical (unpaired) electrons. The van der Waals surface area contributed by atoms with Gasteiger partial charge < -0.3 is 10.2 Å². The van der Waals surface area contributed by atoms with E-state index in [1.807, 2.05) is 0 Å². The number of nitrogens with zero attached hydrogens (tertiary/aromatic N) is 2. The zero-order valence-corrected chi connectivity index (χ0v) is 13.7. The van der Waals surface area contributed by atoms with Gasteiger partial charge in [0.05, 0.1) is 0 Å². The molecule has 1 aromatic carbocycles. The van der Waals surface area contributed by atoms with Crippen LogP contribution in [0.15, 0.2) is 30.3 Å². The van der Waals surface area contributed by atoms with Crippen LogP contribution in [0, 0.1) is 0 Å². The highest BCUT2D eigenvalue weighted by atomic mass is 16.4. The minimum Gasteiger partial charge on any atom is -0.480 e. The summed E-state index contributed by atoms with van der Waals surface area (Å²) in [6.07, 6.45) is -0.0636. The number of carbonyl (C=O) groups is 4. The monoisotopic (exact) mass is 336 g/mol. The van der Waals surface area contributed by atoms with Crippen molar-refractivity contribution in [3.8, 4) is 0 Å². The van der Waals surface area contributed by atoms with Crippen molar-refractivity contribution in [2.75, 3.05) is 0 Å². The number of amides is 2. The van der Waals surface area contributed by atoms with Crippen molar-refractivity contribution in [3.63, 3.8) is 0 Å². The van der Waals surface area contributed by atoms with E-state index in [2.05, 4.69) is 0 Å². The molecule has 130 valence electrons. The molecule has 0 spiro atoms. The molecule has 0 aliphatic rings. The smallest absolute Gasteiger partial charge is 0.328 e. The normalized spacial score (nSPS) is 12.8. The second-order valence-corrected chi connectivity index (χ2v) is 5.29. The summed E-state index contributed by atoms with van der Waals surface area (Å²) >= 11 is 0. The molecule has 8 heteroatoms. The molecule has 2 N–H and O–H groups in total. The van der Waals surface area contributed by atoms with Crippen LogP contribution in [0.3, 0.4) is 0 Å². The largest absolute Gasteiger partial charge is 0.480 e. The zero-order chi connectivity index (χ0) is 18.4. The standard InChI is InChI=1S/C16H20N2O6/c1-10(15(21)22)17(11(2)19)18(12(3)20)14(16(23)24)9-13-7-5-4-6-8-13/h4-8,10,14H,9H2,1-3H3,(H,21,22)(H,23,24)/t10-,14-/m0/s1. The van der Waals surface area contributed by atoms with Crippen LogP contribution in [0.4, 0.5) is 0 Å². The fourth-order valence-corrected chi connectivity index (χ4v) is 2.35. The van der Waals surface area contributed by atoms with Crippen LogP contribution in [-0.4, -0.2) is 56.1 Å². The Labute approximate surface area is 139 Å². The molecule has 2 amide bonds. The van der Waals surface area contributed by atoms with Gasteiger partial charge in [-0.25, -0.2) is 19.6 Å². The minimum absolute atomic E-state index is 0.0636. The van der Waals surface area contributed by atoms with Crippen LogP contribution >= 0.6 is 0 Å². The van der Waals surface area contributed by atoms with Crippen LogP contribution in [0.25, 0.3) is 0 Å². The highest BCUT2D eigenvalue weighted by Crippen LogP contribution is 2.16. The molecular weight excluding hydrogens is 316 g/mol. The number of carboxylic acids is 2. The molecule has 0 aliphatic carbocycles. The lowest BCUT2D eigenvalue weighted by Crippen LogP contribution is -2.61. The molecule has 0 saturated carbocycles. The van der Waals surface area contributed by atoms with Crippen molar-refractivity contribution in [2.45, 2.75) is 39.3 Å². The van der Waals surface area contributed by atoms with Crippen LogP contribution < -0.4 is 0 Å². The number of aliphatic carboxylic acids is 2. The Hall–Kier alpha value is -2.90. The van der Waals surface area contributed by atoms with E-state index in [-0.39, 0.29) is 6.42 Å². The van der Waals surface area contributed by atoms with Gasteiger partial charge in [0, 0.05) is 20.3 Å². The van der Waals surface area contributed by atoms with Gasteiger partial charge in [0.25, 0.3) is 0 Å². The van der Waals surface area contributed by atoms with E-state index in [0.717, 1.165) is 13.8 Å². The number of carboxylic acid groups (broad SMARTS) is 2. The van der Waals surface area contributed by atoms with Crippen molar-refractivity contribution in [2.24, 2.45) is 0 Å². The van der Waals surface area contributed by atoms with Crippen molar-refractivity contribution in [1.29, 1.82) is 0 Å². The van der Waals surface area contributed by atoms with E-state index in [0.29, 0.717) is 15.6 Å². The first-order valence-corrected chi connectivity index (χ1v) is 7.25. The summed E-state index contributed by atoms with van der Waals surface area (Å²) in [5.74, 6) is -4.15. The highest BCUT2D eigenvalue weighted by Gasteiger charge is 2.38. The van der Waals surface area contributed by atoms with E-state index in [1.54, 1.807) is 30.3 Å². The topological polar surface area (TPSA) is 115 Å². The van der Waals surface area contributed by atoms with E-state index >= 15 is 0 Å². The summed E-state index contributed by atoms with van der Waals surface area (Å²) in [5, 5.41) is 20.1. The number of hydrogen-bond donors (Lipinski definition) is 2. The highest BCUT2D eigenvalue weighted by molar-refractivity contribution is 5.88. The molecule has 0 unspecified atom stereocenters. The van der Waals surface area contributed by atoms with Gasteiger partial charge in [0.15, 0.2) is 6.04 Å². The Kier molecular flexibility index (Phi) is 6.46. The van der Waals surface area contributed by atoms with Gasteiger partial charge in [-0.15, -0.1) is 0 Å². The maximum Gasteiger partial charge on any atom is 0.328 e. The third-order valence-corrected chi connectivity index (χ3v) is 3.45. The maximum atomic E-state index is 12.0. The van der Waals surface area contributed by atoms with E-state index in [9.17, 15) is 24.3 Å². The summed E-state index contributed by atoms with van der Waals surface area (Å²) in [6.45, 7) is 3.38. The van der Waals surface area contributed by atoms with Gasteiger partial charge in [0.2, 0.25) is 11.8 Å². The third kappa shape index (κ3) is 4.55. The van der Waals surface area contributed by atoms with Crippen LogP contribution in [0.2, 0.25) is 0 Å². The van der Waals surface area contributed by atoms with Crippen molar-refractivity contribution >= 4 is 23.8 Å². The SMILES string of the molecule is CC(=O)N([C@@H](C)C(=O)O)N(C(C)=O)[C@@H](Cc1ccccc1)C(=O)O. The van der Waals surface area contributed by atoms with Crippen molar-refractivity contribution < 1.29 is 29.4 Å². The minimum atomic E-state index is -1.41. The maximum absolute atomic E-state index is 12.0. The summed E-state index contributed by atoms with van der Waals surface area (Å²) < 4.78 is 0. The first-order valence-electron chi connectivity index (χ1n) is 7.25. The Bertz CT molecular complexity index is 631. The number of hydrogen-bond acceptors (Lipinski definition) is 4. The lowest BCUT2D eigenvalue weighted by atomic mass is 10.1. The van der Waals surface area contributed by atoms with Crippen molar-refractivity contribution in [3.05, 3.63) is 35.9 Å². The Morgan fingerprint density at radius 3 is 1.79 bits per heavy atom. The molecule has 1 rings (SSSR count). The molecule has 1 aromatic rings. The van der Waals surface area contributed by atoms with Gasteiger partial charge in [-0.1, -0.05) is 30.3 Å². The van der Waals surface area contributed by atoms with Gasteiger partial charge in [-0.05, 0) is 12.5 Å². The number of hydrazine groups is 1. The predicted octanol–water partition coefficient (Wildman–Crippen LogP) is 0.767. The van der Waals surface area contributed by atoms with Gasteiger partial charge in [0.1, 0.15) is 6.04 Å². The Morgan fingerprint density at radius 2 is 1.42 bits per heavy atom. The van der Waals surface area contributed by atoms with E-state index in [1.165, 1.54) is 6.92 Å². The summed E-state index contributed by atoms with van der Waals surface area (Å²) in [5.41, 5.74) is 0.641. The number of benzene rings is 1. The molecule has 8 nitrogen and oxygen atoms in total. The van der Waals surface area contributed by atoms with Crippen LogP contribution in [-0.2, 0) is 25.6 Å². The molecule has 0 aliphatic heterocycles. The summed E-state index contributed by atoms with van der Waals surface area (Å²) in [4.78, 5) is 46.9. The van der Waals surface area contributed by atoms with E-state index < -0.39 is 35.8 Å². The summed E-state index contributed by atoms with van der Waals surface area (Å²) in [6, 6.07) is 5.78. The lowest BCUT2D eigenvalue weighted by Gasteiger charge is -2.39. The molecule has 24 heavy (non-hydrogen) atoms. The number of carbonyl (C=O) groups excluding carboxylic acids is 2. The molecular formula is C16H20N2O6. The van der Waals surface area contributed by atoms with Gasteiger partial charge in [-0.2, -0.15) is 0 Å². The fourth-order valence-electron chi connectivity index (χ4n) is 2.35. The van der Waals surface area contributed by atoms with Crippen LogP contribution in [0.1, 0.15) is 26.3 Å². The predicted molar refractivity (Wildman–Crippen MR) is 83.7 cm³/mol.